The molecule has 2 aromatic rings. The van der Waals surface area contributed by atoms with Crippen LogP contribution < -0.4 is 24.8 Å². The molecule has 11 heteroatoms. The fourth-order valence-corrected chi connectivity index (χ4v) is 7.40. The quantitative estimate of drug-likeness (QED) is 0.590. The highest BCUT2D eigenvalue weighted by molar-refractivity contribution is 7.91. The first kappa shape index (κ1) is 24.3. The third kappa shape index (κ3) is 4.85. The van der Waals surface area contributed by atoms with Gasteiger partial charge in [-0.25, -0.2) is 8.42 Å². The summed E-state index contributed by atoms with van der Waals surface area (Å²) < 4.78 is 39.7. The number of anilines is 1. The van der Waals surface area contributed by atoms with Crippen LogP contribution in [0, 0.1) is 0 Å². The molecule has 0 radical (unpaired) electrons. The maximum absolute atomic E-state index is 13.3. The van der Waals surface area contributed by atoms with Crippen LogP contribution in [-0.4, -0.2) is 59.1 Å². The number of thiophene rings is 1. The van der Waals surface area contributed by atoms with Crippen molar-refractivity contribution in [1.29, 1.82) is 0 Å². The van der Waals surface area contributed by atoms with E-state index < -0.39 is 21.8 Å². The van der Waals surface area contributed by atoms with Crippen LogP contribution in [0.4, 0.5) is 5.00 Å². The number of hydrogen-bond acceptors (Lipinski definition) is 8. The highest BCUT2D eigenvalue weighted by atomic mass is 32.2. The van der Waals surface area contributed by atoms with Gasteiger partial charge >= 0.3 is 0 Å². The van der Waals surface area contributed by atoms with E-state index in [1.54, 1.807) is 12.1 Å². The number of ether oxygens (including phenoxy) is 3. The number of carbonyl (C=O) groups excluding carboxylic acids is 2. The second-order valence-electron chi connectivity index (χ2n) is 8.36. The Labute approximate surface area is 202 Å². The molecule has 2 N–H and O–H groups in total. The molecule has 4 rings (SSSR count). The first-order valence-electron chi connectivity index (χ1n) is 11.0. The Morgan fingerprint density at radius 2 is 1.68 bits per heavy atom. The van der Waals surface area contributed by atoms with E-state index in [2.05, 4.69) is 10.6 Å². The fraction of sp³-hybridized carbons (Fsp3) is 0.478. The third-order valence-corrected chi connectivity index (χ3v) is 9.10. The molecule has 2 aliphatic rings. The van der Waals surface area contributed by atoms with Gasteiger partial charge in [0, 0.05) is 16.5 Å². The molecule has 2 heterocycles. The van der Waals surface area contributed by atoms with Crippen LogP contribution in [-0.2, 0) is 22.7 Å². The minimum absolute atomic E-state index is 0.0573. The molecule has 34 heavy (non-hydrogen) atoms. The van der Waals surface area contributed by atoms with Crippen LogP contribution >= 0.6 is 11.3 Å². The first-order valence-corrected chi connectivity index (χ1v) is 13.7. The van der Waals surface area contributed by atoms with Crippen molar-refractivity contribution in [3.8, 4) is 17.2 Å². The first-order chi connectivity index (χ1) is 16.3. The molecule has 2 amide bonds. The summed E-state index contributed by atoms with van der Waals surface area (Å²) in [6, 6.07) is 2.68. The summed E-state index contributed by atoms with van der Waals surface area (Å²) in [7, 11) is 1.30. The lowest BCUT2D eigenvalue weighted by Crippen LogP contribution is -2.36. The number of rotatable bonds is 7. The van der Waals surface area contributed by atoms with Crippen molar-refractivity contribution in [3.63, 3.8) is 0 Å². The Kier molecular flexibility index (Phi) is 7.04. The normalized spacial score (nSPS) is 18.6. The molecule has 9 nitrogen and oxygen atoms in total. The molecule has 0 unspecified atom stereocenters. The SMILES string of the molecule is COc1cc(C(=O)Nc2sc3c(c2C(=O)N[C@H]2CCS(=O)(=O)C2)CCCC3)cc(OC)c1OC. The van der Waals surface area contributed by atoms with Crippen LogP contribution in [0.25, 0.3) is 0 Å². The Bertz CT molecular complexity index is 1200. The molecular weight excluding hydrogens is 480 g/mol. The number of amides is 2. The lowest BCUT2D eigenvalue weighted by molar-refractivity contribution is 0.0941. The third-order valence-electron chi connectivity index (χ3n) is 6.12. The maximum atomic E-state index is 13.3. The highest BCUT2D eigenvalue weighted by Gasteiger charge is 2.32. The minimum atomic E-state index is -3.13. The fourth-order valence-electron chi connectivity index (χ4n) is 4.45. The molecule has 0 saturated carbocycles. The molecule has 1 aromatic heterocycles. The van der Waals surface area contributed by atoms with Crippen molar-refractivity contribution in [2.75, 3.05) is 38.2 Å². The van der Waals surface area contributed by atoms with Gasteiger partial charge in [0.05, 0.1) is 38.4 Å². The van der Waals surface area contributed by atoms with Crippen LogP contribution in [0.5, 0.6) is 17.2 Å². The van der Waals surface area contributed by atoms with Crippen LogP contribution in [0.15, 0.2) is 12.1 Å². The number of carbonyl (C=O) groups is 2. The van der Waals surface area contributed by atoms with Crippen molar-refractivity contribution in [1.82, 2.24) is 5.32 Å². The monoisotopic (exact) mass is 508 g/mol. The van der Waals surface area contributed by atoms with Gasteiger partial charge in [0.25, 0.3) is 11.8 Å². The van der Waals surface area contributed by atoms with Gasteiger partial charge in [-0.05, 0) is 49.8 Å². The molecule has 1 saturated heterocycles. The summed E-state index contributed by atoms with van der Waals surface area (Å²) in [4.78, 5) is 27.5. The molecule has 1 aliphatic carbocycles. The van der Waals surface area contributed by atoms with Crippen molar-refractivity contribution in [2.45, 2.75) is 38.1 Å². The summed E-state index contributed by atoms with van der Waals surface area (Å²) in [5.74, 6) is 0.315. The molecule has 184 valence electrons. The molecule has 0 bridgehead atoms. The number of nitrogens with one attached hydrogen (secondary N) is 2. The van der Waals surface area contributed by atoms with E-state index in [-0.39, 0.29) is 23.0 Å². The van der Waals surface area contributed by atoms with Crippen molar-refractivity contribution in [3.05, 3.63) is 33.7 Å². The van der Waals surface area contributed by atoms with E-state index in [1.807, 2.05) is 0 Å². The van der Waals surface area contributed by atoms with Crippen LogP contribution in [0.1, 0.15) is 50.4 Å². The topological polar surface area (TPSA) is 120 Å². The predicted molar refractivity (Wildman–Crippen MR) is 130 cm³/mol. The van der Waals surface area contributed by atoms with Crippen LogP contribution in [0.3, 0.4) is 0 Å². The Hall–Kier alpha value is -2.79. The van der Waals surface area contributed by atoms with Crippen LogP contribution in [0.2, 0.25) is 0 Å². The highest BCUT2D eigenvalue weighted by Crippen LogP contribution is 2.40. The van der Waals surface area contributed by atoms with Gasteiger partial charge < -0.3 is 24.8 Å². The molecule has 1 aliphatic heterocycles. The average molecular weight is 509 g/mol. The number of sulfone groups is 1. The van der Waals surface area contributed by atoms with Gasteiger partial charge in [-0.15, -0.1) is 11.3 Å². The number of methoxy groups -OCH3 is 3. The zero-order valence-corrected chi connectivity index (χ0v) is 21.0. The van der Waals surface area contributed by atoms with Gasteiger partial charge in [0.2, 0.25) is 5.75 Å². The van der Waals surface area contributed by atoms with Gasteiger partial charge in [-0.2, -0.15) is 0 Å². The Morgan fingerprint density at radius 1 is 1.00 bits per heavy atom. The molecular formula is C23H28N2O7S2. The van der Waals surface area contributed by atoms with Gasteiger partial charge in [-0.1, -0.05) is 0 Å². The van der Waals surface area contributed by atoms with E-state index in [0.717, 1.165) is 36.1 Å². The molecule has 0 spiro atoms. The van der Waals surface area contributed by atoms with Gasteiger partial charge in [0.1, 0.15) is 5.00 Å². The summed E-state index contributed by atoms with van der Waals surface area (Å²) in [5, 5.41) is 6.23. The molecule has 1 fully saturated rings. The van der Waals surface area contributed by atoms with E-state index in [1.165, 1.54) is 32.7 Å². The number of fused-ring (bicyclic) bond motifs is 1. The lowest BCUT2D eigenvalue weighted by Gasteiger charge is -2.16. The van der Waals surface area contributed by atoms with E-state index in [0.29, 0.717) is 34.2 Å². The number of aryl methyl sites for hydroxylation is 1. The summed E-state index contributed by atoms with van der Waals surface area (Å²) in [6.45, 7) is 0. The standard InChI is InChI=1S/C23H28N2O7S2/c1-30-16-10-13(11-17(31-2)20(16)32-3)21(26)25-23-19(15-6-4-5-7-18(15)33-23)22(27)24-14-8-9-34(28,29)12-14/h10-11,14H,4-9,12H2,1-3H3,(H,24,27)(H,25,26)/t14-/m0/s1. The van der Waals surface area contributed by atoms with Crippen molar-refractivity contribution >= 4 is 38.0 Å². The second-order valence-corrected chi connectivity index (χ2v) is 11.7. The zero-order chi connectivity index (χ0) is 24.5. The summed E-state index contributed by atoms with van der Waals surface area (Å²) in [5.41, 5.74) is 1.66. The maximum Gasteiger partial charge on any atom is 0.256 e. The van der Waals surface area contributed by atoms with Crippen molar-refractivity contribution in [2.24, 2.45) is 0 Å². The smallest absolute Gasteiger partial charge is 0.256 e. The van der Waals surface area contributed by atoms with Gasteiger partial charge in [-0.3, -0.25) is 9.59 Å². The zero-order valence-electron chi connectivity index (χ0n) is 19.4. The largest absolute Gasteiger partial charge is 0.493 e. The van der Waals surface area contributed by atoms with Crippen molar-refractivity contribution < 1.29 is 32.2 Å². The average Bonchev–Trinajstić information content (AvgIpc) is 3.36. The number of hydrogen-bond donors (Lipinski definition) is 2. The Balaban J connectivity index is 1.64. The summed E-state index contributed by atoms with van der Waals surface area (Å²) in [6.07, 6.45) is 3.97. The molecule has 1 aromatic carbocycles. The Morgan fingerprint density at radius 3 is 2.26 bits per heavy atom. The minimum Gasteiger partial charge on any atom is -0.493 e. The second kappa shape index (κ2) is 9.83. The van der Waals surface area contributed by atoms with E-state index in [9.17, 15) is 18.0 Å². The van der Waals surface area contributed by atoms with Gasteiger partial charge in [0.15, 0.2) is 21.3 Å². The predicted octanol–water partition coefficient (Wildman–Crippen LogP) is 2.82. The molecule has 1 atom stereocenters. The summed E-state index contributed by atoms with van der Waals surface area (Å²) >= 11 is 1.40. The van der Waals surface area contributed by atoms with E-state index in [4.69, 9.17) is 14.2 Å². The number of benzene rings is 1. The lowest BCUT2D eigenvalue weighted by atomic mass is 9.95. The van der Waals surface area contributed by atoms with E-state index >= 15 is 0 Å².